The predicted molar refractivity (Wildman–Crippen MR) is 103 cm³/mol. The minimum atomic E-state index is 0.0999. The highest BCUT2D eigenvalue weighted by molar-refractivity contribution is 5.80. The first-order valence-electron chi connectivity index (χ1n) is 9.32. The van der Waals surface area contributed by atoms with Gasteiger partial charge >= 0.3 is 0 Å². The van der Waals surface area contributed by atoms with Gasteiger partial charge in [0, 0.05) is 33.4 Å². The Bertz CT molecular complexity index is 545. The van der Waals surface area contributed by atoms with Crippen molar-refractivity contribution in [2.24, 2.45) is 10.9 Å². The molecular weight excluding hydrogens is 314 g/mol. The topological polar surface area (TPSA) is 46.1 Å². The number of hydrogen-bond donors (Lipinski definition) is 1. The minimum Gasteiger partial charge on any atom is -0.381 e. The van der Waals surface area contributed by atoms with Crippen LogP contribution in [0.25, 0.3) is 0 Å². The molecule has 1 atom stereocenters. The number of nitrogens with one attached hydrogen (secondary N) is 1. The van der Waals surface area contributed by atoms with E-state index in [1.54, 1.807) is 0 Å². The summed E-state index contributed by atoms with van der Waals surface area (Å²) in [5.41, 5.74) is 2.55. The van der Waals surface area contributed by atoms with E-state index in [1.165, 1.54) is 11.1 Å². The van der Waals surface area contributed by atoms with Crippen molar-refractivity contribution in [3.05, 3.63) is 35.4 Å². The van der Waals surface area contributed by atoms with Gasteiger partial charge in [-0.2, -0.15) is 0 Å². The van der Waals surface area contributed by atoms with Gasteiger partial charge in [0.05, 0.1) is 13.2 Å². The molecule has 0 aliphatic carbocycles. The summed E-state index contributed by atoms with van der Waals surface area (Å²) in [6, 6.07) is 8.45. The average molecular weight is 348 g/mol. The highest BCUT2D eigenvalue weighted by atomic mass is 16.5. The van der Waals surface area contributed by atoms with Crippen LogP contribution < -0.4 is 5.32 Å². The number of ether oxygens (including phenoxy) is 2. The maximum atomic E-state index is 6.01. The number of benzene rings is 1. The molecule has 0 amide bonds. The van der Waals surface area contributed by atoms with E-state index >= 15 is 0 Å². The molecule has 25 heavy (non-hydrogen) atoms. The van der Waals surface area contributed by atoms with Crippen LogP contribution in [0.15, 0.2) is 29.3 Å². The summed E-state index contributed by atoms with van der Waals surface area (Å²) in [4.78, 5) is 6.73. The standard InChI is InChI=1S/C20H33N3O2/c1-16(2)15-24-12-7-10-22-20(21-4)23-11-13-25-19(14-23)18-9-6-5-8-17(18)3/h5-6,8-9,16,19H,7,10-15H2,1-4H3,(H,21,22). The molecule has 1 aromatic carbocycles. The molecule has 5 nitrogen and oxygen atoms in total. The molecule has 0 radical (unpaired) electrons. The SMILES string of the molecule is CN=C(NCCCOCC(C)C)N1CCOC(c2ccccc2C)C1. The minimum absolute atomic E-state index is 0.0999. The van der Waals surface area contributed by atoms with Gasteiger partial charge in [-0.05, 0) is 30.4 Å². The summed E-state index contributed by atoms with van der Waals surface area (Å²) < 4.78 is 11.6. The van der Waals surface area contributed by atoms with Crippen LogP contribution in [0.5, 0.6) is 0 Å². The van der Waals surface area contributed by atoms with Crippen molar-refractivity contribution in [2.75, 3.05) is 46.5 Å². The lowest BCUT2D eigenvalue weighted by Gasteiger charge is -2.35. The maximum Gasteiger partial charge on any atom is 0.193 e. The molecule has 1 unspecified atom stereocenters. The monoisotopic (exact) mass is 347 g/mol. The summed E-state index contributed by atoms with van der Waals surface area (Å²) >= 11 is 0. The van der Waals surface area contributed by atoms with Crippen molar-refractivity contribution in [3.63, 3.8) is 0 Å². The highest BCUT2D eigenvalue weighted by Gasteiger charge is 2.24. The molecule has 0 bridgehead atoms. The Kier molecular flexibility index (Phi) is 8.22. The quantitative estimate of drug-likeness (QED) is 0.468. The predicted octanol–water partition coefficient (Wildman–Crippen LogP) is 3.01. The summed E-state index contributed by atoms with van der Waals surface area (Å²) in [7, 11) is 1.84. The van der Waals surface area contributed by atoms with Gasteiger partial charge in [-0.25, -0.2) is 0 Å². The Morgan fingerprint density at radius 3 is 2.92 bits per heavy atom. The van der Waals surface area contributed by atoms with Gasteiger partial charge in [0.1, 0.15) is 6.10 Å². The fraction of sp³-hybridized carbons (Fsp3) is 0.650. The molecule has 0 saturated carbocycles. The van der Waals surface area contributed by atoms with Crippen molar-refractivity contribution < 1.29 is 9.47 Å². The number of rotatable bonds is 7. The average Bonchev–Trinajstić information content (AvgIpc) is 2.61. The number of nitrogens with zero attached hydrogens (tertiary/aromatic N) is 2. The molecule has 2 rings (SSSR count). The summed E-state index contributed by atoms with van der Waals surface area (Å²) in [5, 5.41) is 3.45. The van der Waals surface area contributed by atoms with Crippen LogP contribution in [-0.4, -0.2) is 57.4 Å². The molecule has 0 spiro atoms. The molecule has 1 fully saturated rings. The van der Waals surface area contributed by atoms with Crippen LogP contribution >= 0.6 is 0 Å². The lowest BCUT2D eigenvalue weighted by Crippen LogP contribution is -2.48. The molecule has 1 saturated heterocycles. The Morgan fingerprint density at radius 2 is 2.20 bits per heavy atom. The smallest absolute Gasteiger partial charge is 0.193 e. The molecule has 1 heterocycles. The Hall–Kier alpha value is -1.59. The van der Waals surface area contributed by atoms with Crippen molar-refractivity contribution in [2.45, 2.75) is 33.3 Å². The van der Waals surface area contributed by atoms with Gasteiger partial charge in [0.2, 0.25) is 0 Å². The maximum absolute atomic E-state index is 6.01. The highest BCUT2D eigenvalue weighted by Crippen LogP contribution is 2.24. The van der Waals surface area contributed by atoms with Gasteiger partial charge in [0.25, 0.3) is 0 Å². The third-order valence-corrected chi connectivity index (χ3v) is 4.31. The largest absolute Gasteiger partial charge is 0.381 e. The summed E-state index contributed by atoms with van der Waals surface area (Å²) in [6.07, 6.45) is 1.08. The van der Waals surface area contributed by atoms with Gasteiger partial charge in [-0.1, -0.05) is 38.1 Å². The van der Waals surface area contributed by atoms with E-state index < -0.39 is 0 Å². The van der Waals surface area contributed by atoms with E-state index in [4.69, 9.17) is 9.47 Å². The molecule has 0 aromatic heterocycles. The molecule has 1 aliphatic heterocycles. The van der Waals surface area contributed by atoms with Gasteiger partial charge in [0.15, 0.2) is 5.96 Å². The second-order valence-electron chi connectivity index (χ2n) is 6.96. The Balaban J connectivity index is 1.81. The zero-order valence-corrected chi connectivity index (χ0v) is 16.1. The third kappa shape index (κ3) is 6.33. The Morgan fingerprint density at radius 1 is 1.40 bits per heavy atom. The first kappa shape index (κ1) is 19.7. The van der Waals surface area contributed by atoms with Crippen LogP contribution in [0.3, 0.4) is 0 Å². The fourth-order valence-electron chi connectivity index (χ4n) is 3.00. The van der Waals surface area contributed by atoms with Crippen LogP contribution in [0, 0.1) is 12.8 Å². The van der Waals surface area contributed by atoms with Gasteiger partial charge in [-0.3, -0.25) is 4.99 Å². The molecule has 1 N–H and O–H groups in total. The lowest BCUT2D eigenvalue weighted by atomic mass is 10.0. The summed E-state index contributed by atoms with van der Waals surface area (Å²) in [5.74, 6) is 1.54. The summed E-state index contributed by atoms with van der Waals surface area (Å²) in [6.45, 7) is 11.4. The number of aryl methyl sites for hydroxylation is 1. The van der Waals surface area contributed by atoms with E-state index in [0.29, 0.717) is 5.92 Å². The fourth-order valence-corrected chi connectivity index (χ4v) is 3.00. The van der Waals surface area contributed by atoms with Crippen molar-refractivity contribution in [1.82, 2.24) is 10.2 Å². The Labute approximate surface area is 152 Å². The zero-order chi connectivity index (χ0) is 18.1. The van der Waals surface area contributed by atoms with Crippen LogP contribution in [0.1, 0.15) is 37.5 Å². The molecule has 5 heteroatoms. The molecule has 1 aromatic rings. The van der Waals surface area contributed by atoms with Crippen LogP contribution in [-0.2, 0) is 9.47 Å². The van der Waals surface area contributed by atoms with Crippen molar-refractivity contribution in [1.29, 1.82) is 0 Å². The van der Waals surface area contributed by atoms with E-state index in [-0.39, 0.29) is 6.10 Å². The zero-order valence-electron chi connectivity index (χ0n) is 16.1. The van der Waals surface area contributed by atoms with E-state index in [0.717, 1.165) is 51.8 Å². The first-order valence-corrected chi connectivity index (χ1v) is 9.32. The second-order valence-corrected chi connectivity index (χ2v) is 6.96. The van der Waals surface area contributed by atoms with E-state index in [1.807, 2.05) is 7.05 Å². The van der Waals surface area contributed by atoms with E-state index in [9.17, 15) is 0 Å². The molecule has 1 aliphatic rings. The normalized spacial score (nSPS) is 18.7. The van der Waals surface area contributed by atoms with Crippen LogP contribution in [0.2, 0.25) is 0 Å². The lowest BCUT2D eigenvalue weighted by molar-refractivity contribution is -0.00834. The molecule has 140 valence electrons. The number of aliphatic imine (C=N–C) groups is 1. The first-order chi connectivity index (χ1) is 12.1. The second kappa shape index (κ2) is 10.4. The van der Waals surface area contributed by atoms with Gasteiger partial charge in [-0.15, -0.1) is 0 Å². The number of hydrogen-bond acceptors (Lipinski definition) is 3. The van der Waals surface area contributed by atoms with Gasteiger partial charge < -0.3 is 19.7 Å². The van der Waals surface area contributed by atoms with Crippen molar-refractivity contribution >= 4 is 5.96 Å². The van der Waals surface area contributed by atoms with Crippen molar-refractivity contribution in [3.8, 4) is 0 Å². The van der Waals surface area contributed by atoms with Crippen LogP contribution in [0.4, 0.5) is 0 Å². The third-order valence-electron chi connectivity index (χ3n) is 4.31. The number of guanidine groups is 1. The van der Waals surface area contributed by atoms with E-state index in [2.05, 4.69) is 60.2 Å². The molecular formula is C20H33N3O2. The number of morpholine rings is 1.